The number of hydrogen-bond donors (Lipinski definition) is 2. The van der Waals surface area contributed by atoms with Crippen LogP contribution >= 0.6 is 0 Å². The smallest absolute Gasteiger partial charge is 0.273 e. The van der Waals surface area contributed by atoms with Crippen molar-refractivity contribution >= 4 is 11.7 Å². The van der Waals surface area contributed by atoms with Crippen molar-refractivity contribution in [2.75, 3.05) is 40.0 Å². The summed E-state index contributed by atoms with van der Waals surface area (Å²) in [6, 6.07) is 7.38. The number of nitrogens with two attached hydrogens (primary N) is 1. The van der Waals surface area contributed by atoms with Crippen molar-refractivity contribution in [3.05, 3.63) is 36.2 Å². The Bertz CT molecular complexity index is 757. The first kappa shape index (κ1) is 19.7. The molecule has 26 heavy (non-hydrogen) atoms. The minimum absolute atomic E-state index is 0.0745. The van der Waals surface area contributed by atoms with E-state index >= 15 is 0 Å². The first-order valence-corrected chi connectivity index (χ1v) is 8.42. The first-order chi connectivity index (χ1) is 12.2. The molecule has 140 valence electrons. The third kappa shape index (κ3) is 5.16. The molecule has 0 atom stereocenters. The monoisotopic (exact) mass is 357 g/mol. The largest absolute Gasteiger partial charge is 0.497 e. The topological polar surface area (TPSA) is 93.4 Å². The maximum atomic E-state index is 12.6. The van der Waals surface area contributed by atoms with Gasteiger partial charge in [-0.25, -0.2) is 9.97 Å². The number of aromatic nitrogens is 2. The Morgan fingerprint density at radius 3 is 2.50 bits per heavy atom. The standard InChI is InChI=1S/C19H27N5O2/c1-19(2,12-24(3)4)11-22-18(25)16-17(20)21-10-15(23-16)13-6-8-14(26-5)9-7-13/h6-10H,11-12H2,1-5H3,(H2,20,21)(H,22,25). The zero-order valence-corrected chi connectivity index (χ0v) is 16.0. The average Bonchev–Trinajstić information content (AvgIpc) is 2.59. The Morgan fingerprint density at radius 1 is 1.27 bits per heavy atom. The van der Waals surface area contributed by atoms with E-state index in [2.05, 4.69) is 34.0 Å². The van der Waals surface area contributed by atoms with Crippen molar-refractivity contribution in [2.45, 2.75) is 13.8 Å². The van der Waals surface area contributed by atoms with Crippen molar-refractivity contribution in [3.63, 3.8) is 0 Å². The van der Waals surface area contributed by atoms with Crippen LogP contribution in [0.5, 0.6) is 5.75 Å². The quantitative estimate of drug-likeness (QED) is 0.788. The maximum Gasteiger partial charge on any atom is 0.273 e. The average molecular weight is 357 g/mol. The van der Waals surface area contributed by atoms with Gasteiger partial charge in [-0.1, -0.05) is 13.8 Å². The van der Waals surface area contributed by atoms with Crippen molar-refractivity contribution in [1.29, 1.82) is 0 Å². The summed E-state index contributed by atoms with van der Waals surface area (Å²) in [5.74, 6) is 0.542. The van der Waals surface area contributed by atoms with Gasteiger partial charge in [0.1, 0.15) is 5.75 Å². The Kier molecular flexibility index (Phi) is 6.15. The Hall–Kier alpha value is -2.67. The molecule has 7 heteroatoms. The molecule has 0 saturated carbocycles. The van der Waals surface area contributed by atoms with Gasteiger partial charge in [0.15, 0.2) is 11.5 Å². The van der Waals surface area contributed by atoms with Crippen molar-refractivity contribution < 1.29 is 9.53 Å². The molecule has 1 heterocycles. The number of benzene rings is 1. The zero-order valence-electron chi connectivity index (χ0n) is 16.0. The lowest BCUT2D eigenvalue weighted by Crippen LogP contribution is -2.40. The number of amides is 1. The van der Waals surface area contributed by atoms with Crippen LogP contribution in [0.1, 0.15) is 24.3 Å². The number of methoxy groups -OCH3 is 1. The van der Waals surface area contributed by atoms with Crippen LogP contribution in [0, 0.1) is 5.41 Å². The van der Waals surface area contributed by atoms with Crippen LogP contribution in [-0.2, 0) is 0 Å². The fourth-order valence-electron chi connectivity index (χ4n) is 2.78. The van der Waals surface area contributed by atoms with E-state index in [0.29, 0.717) is 12.2 Å². The second-order valence-electron chi connectivity index (χ2n) is 7.30. The van der Waals surface area contributed by atoms with E-state index in [-0.39, 0.29) is 22.8 Å². The minimum atomic E-state index is -0.322. The normalized spacial score (nSPS) is 11.5. The second-order valence-corrected chi connectivity index (χ2v) is 7.30. The van der Waals surface area contributed by atoms with Gasteiger partial charge in [0.05, 0.1) is 19.0 Å². The Balaban J connectivity index is 2.16. The molecular weight excluding hydrogens is 330 g/mol. The number of carbonyl (C=O) groups is 1. The molecule has 1 aromatic carbocycles. The lowest BCUT2D eigenvalue weighted by atomic mass is 9.93. The van der Waals surface area contributed by atoms with E-state index < -0.39 is 0 Å². The second kappa shape index (κ2) is 8.14. The summed E-state index contributed by atoms with van der Waals surface area (Å²) in [5.41, 5.74) is 7.35. The molecule has 0 aliphatic carbocycles. The molecule has 0 radical (unpaired) electrons. The molecule has 2 aromatic rings. The van der Waals surface area contributed by atoms with E-state index in [1.54, 1.807) is 13.3 Å². The van der Waals surface area contributed by atoms with Gasteiger partial charge in [0, 0.05) is 18.7 Å². The number of ether oxygens (including phenoxy) is 1. The molecule has 0 spiro atoms. The molecule has 0 aliphatic rings. The minimum Gasteiger partial charge on any atom is -0.497 e. The van der Waals surface area contributed by atoms with E-state index in [0.717, 1.165) is 17.9 Å². The molecule has 2 rings (SSSR count). The zero-order chi connectivity index (χ0) is 19.3. The van der Waals surface area contributed by atoms with Gasteiger partial charge < -0.3 is 20.7 Å². The predicted molar refractivity (Wildman–Crippen MR) is 103 cm³/mol. The molecule has 1 aromatic heterocycles. The van der Waals surface area contributed by atoms with Crippen LogP contribution in [0.3, 0.4) is 0 Å². The highest BCUT2D eigenvalue weighted by molar-refractivity contribution is 5.96. The molecule has 7 nitrogen and oxygen atoms in total. The van der Waals surface area contributed by atoms with Gasteiger partial charge in [0.2, 0.25) is 0 Å². The number of carbonyl (C=O) groups excluding carboxylic acids is 1. The third-order valence-electron chi connectivity index (χ3n) is 3.87. The van der Waals surface area contributed by atoms with Crippen LogP contribution in [0.2, 0.25) is 0 Å². The summed E-state index contributed by atoms with van der Waals surface area (Å²) in [7, 11) is 5.62. The van der Waals surface area contributed by atoms with E-state index in [9.17, 15) is 4.79 Å². The number of hydrogen-bond acceptors (Lipinski definition) is 6. The molecule has 3 N–H and O–H groups in total. The molecular formula is C19H27N5O2. The highest BCUT2D eigenvalue weighted by atomic mass is 16.5. The summed E-state index contributed by atoms with van der Waals surface area (Å²) in [6.07, 6.45) is 1.56. The highest BCUT2D eigenvalue weighted by Gasteiger charge is 2.22. The number of anilines is 1. The summed E-state index contributed by atoms with van der Waals surface area (Å²) >= 11 is 0. The van der Waals surface area contributed by atoms with Crippen LogP contribution in [0.15, 0.2) is 30.5 Å². The van der Waals surface area contributed by atoms with E-state index in [4.69, 9.17) is 10.5 Å². The lowest BCUT2D eigenvalue weighted by molar-refractivity contribution is 0.0925. The molecule has 1 amide bonds. The van der Waals surface area contributed by atoms with Gasteiger partial charge in [-0.2, -0.15) is 0 Å². The van der Waals surface area contributed by atoms with Crippen LogP contribution < -0.4 is 15.8 Å². The van der Waals surface area contributed by atoms with Gasteiger partial charge in [-0.3, -0.25) is 4.79 Å². The maximum absolute atomic E-state index is 12.6. The van der Waals surface area contributed by atoms with Gasteiger partial charge >= 0.3 is 0 Å². The fraction of sp³-hybridized carbons (Fsp3) is 0.421. The van der Waals surface area contributed by atoms with Gasteiger partial charge in [0.25, 0.3) is 5.91 Å². The third-order valence-corrected chi connectivity index (χ3v) is 3.87. The summed E-state index contributed by atoms with van der Waals surface area (Å²) in [5, 5.41) is 2.91. The Morgan fingerprint density at radius 2 is 1.92 bits per heavy atom. The van der Waals surface area contributed by atoms with Crippen molar-refractivity contribution in [2.24, 2.45) is 5.41 Å². The summed E-state index contributed by atoms with van der Waals surface area (Å²) in [6.45, 7) is 5.55. The SMILES string of the molecule is COc1ccc(-c2cnc(N)c(C(=O)NCC(C)(C)CN(C)C)n2)cc1. The number of nitrogen functional groups attached to an aromatic ring is 1. The van der Waals surface area contributed by atoms with Crippen molar-refractivity contribution in [3.8, 4) is 17.0 Å². The molecule has 0 aliphatic heterocycles. The molecule has 0 saturated heterocycles. The van der Waals surface area contributed by atoms with Gasteiger partial charge in [-0.15, -0.1) is 0 Å². The molecule has 0 unspecified atom stereocenters. The summed E-state index contributed by atoms with van der Waals surface area (Å²) < 4.78 is 5.15. The number of rotatable bonds is 7. The van der Waals surface area contributed by atoms with E-state index in [1.165, 1.54) is 0 Å². The molecule has 0 fully saturated rings. The highest BCUT2D eigenvalue weighted by Crippen LogP contribution is 2.22. The number of nitrogens with zero attached hydrogens (tertiary/aromatic N) is 3. The number of nitrogens with one attached hydrogen (secondary N) is 1. The van der Waals surface area contributed by atoms with Crippen LogP contribution in [-0.4, -0.2) is 55.1 Å². The first-order valence-electron chi connectivity index (χ1n) is 8.42. The van der Waals surface area contributed by atoms with Crippen LogP contribution in [0.25, 0.3) is 11.3 Å². The van der Waals surface area contributed by atoms with Crippen LogP contribution in [0.4, 0.5) is 5.82 Å². The summed E-state index contributed by atoms with van der Waals surface area (Å²) in [4.78, 5) is 23.2. The van der Waals surface area contributed by atoms with Crippen molar-refractivity contribution in [1.82, 2.24) is 20.2 Å². The lowest BCUT2D eigenvalue weighted by Gasteiger charge is -2.28. The van der Waals surface area contributed by atoms with E-state index in [1.807, 2.05) is 38.4 Å². The van der Waals surface area contributed by atoms with Gasteiger partial charge in [-0.05, 0) is 43.8 Å². The predicted octanol–water partition coefficient (Wildman–Crippen LogP) is 2.05. The molecule has 0 bridgehead atoms. The Labute approximate surface area is 154 Å². The fourth-order valence-corrected chi connectivity index (χ4v) is 2.78.